The van der Waals surface area contributed by atoms with Crippen molar-refractivity contribution in [1.82, 2.24) is 9.78 Å². The highest BCUT2D eigenvalue weighted by Gasteiger charge is 2.21. The largest absolute Gasteiger partial charge is 0.276 e. The summed E-state index contributed by atoms with van der Waals surface area (Å²) >= 11 is 12.5. The second-order valence-electron chi connectivity index (χ2n) is 7.23. The molecule has 3 aromatic rings. The molecule has 0 radical (unpaired) electrons. The molecule has 0 unspecified atom stereocenters. The van der Waals surface area contributed by atoms with Crippen molar-refractivity contribution in [3.8, 4) is 0 Å². The lowest BCUT2D eigenvalue weighted by atomic mass is 10.0. The van der Waals surface area contributed by atoms with Crippen LogP contribution in [0, 0.1) is 13.8 Å². The molecule has 0 bridgehead atoms. The van der Waals surface area contributed by atoms with E-state index < -0.39 is 10.0 Å². The van der Waals surface area contributed by atoms with Gasteiger partial charge in [0.1, 0.15) is 0 Å². The molecule has 0 fully saturated rings. The monoisotopic (exact) mass is 451 g/mol. The number of benzene rings is 2. The highest BCUT2D eigenvalue weighted by atomic mass is 35.5. The van der Waals surface area contributed by atoms with Crippen molar-refractivity contribution in [1.29, 1.82) is 0 Å². The zero-order valence-electron chi connectivity index (χ0n) is 16.7. The summed E-state index contributed by atoms with van der Waals surface area (Å²) < 4.78 is 30.1. The van der Waals surface area contributed by atoms with Gasteiger partial charge in [0, 0.05) is 15.6 Å². The second kappa shape index (κ2) is 8.38. The lowest BCUT2D eigenvalue weighted by Gasteiger charge is -2.11. The summed E-state index contributed by atoms with van der Waals surface area (Å²) in [6, 6.07) is 12.2. The van der Waals surface area contributed by atoms with Crippen molar-refractivity contribution < 1.29 is 8.42 Å². The van der Waals surface area contributed by atoms with Crippen LogP contribution in [0.4, 0.5) is 5.69 Å². The second-order valence-corrected chi connectivity index (χ2v) is 9.73. The van der Waals surface area contributed by atoms with Gasteiger partial charge in [0.2, 0.25) is 0 Å². The number of anilines is 1. The Bertz CT molecular complexity index is 1120. The van der Waals surface area contributed by atoms with E-state index in [2.05, 4.69) is 23.7 Å². The molecule has 0 saturated heterocycles. The van der Waals surface area contributed by atoms with Crippen molar-refractivity contribution in [2.45, 2.75) is 45.1 Å². The number of nitrogens with one attached hydrogen (secondary N) is 1. The summed E-state index contributed by atoms with van der Waals surface area (Å²) in [7, 11) is -3.73. The number of aromatic nitrogens is 2. The molecule has 8 heteroatoms. The van der Waals surface area contributed by atoms with Gasteiger partial charge in [-0.3, -0.25) is 9.40 Å². The zero-order valence-corrected chi connectivity index (χ0v) is 19.0. The first kappa shape index (κ1) is 21.7. The maximum absolute atomic E-state index is 12.9. The smallest absolute Gasteiger partial charge is 0.262 e. The first-order valence-electron chi connectivity index (χ1n) is 9.20. The Labute approximate surface area is 181 Å². The zero-order chi connectivity index (χ0) is 21.3. The van der Waals surface area contributed by atoms with Gasteiger partial charge in [-0.15, -0.1) is 0 Å². The Morgan fingerprint density at radius 3 is 2.17 bits per heavy atom. The van der Waals surface area contributed by atoms with Crippen LogP contribution in [-0.2, 0) is 16.6 Å². The van der Waals surface area contributed by atoms with Gasteiger partial charge in [0.25, 0.3) is 10.0 Å². The van der Waals surface area contributed by atoms with Crippen LogP contribution in [0.3, 0.4) is 0 Å². The summed E-state index contributed by atoms with van der Waals surface area (Å²) in [5.74, 6) is 0.332. The van der Waals surface area contributed by atoms with Crippen LogP contribution in [0.1, 0.15) is 42.3 Å². The fraction of sp³-hybridized carbons (Fsp3) is 0.286. The van der Waals surface area contributed by atoms with Gasteiger partial charge < -0.3 is 0 Å². The maximum atomic E-state index is 12.9. The highest BCUT2D eigenvalue weighted by Crippen LogP contribution is 2.29. The van der Waals surface area contributed by atoms with Gasteiger partial charge in [-0.05, 0) is 49.6 Å². The number of hydrogen-bond donors (Lipinski definition) is 1. The van der Waals surface area contributed by atoms with Crippen molar-refractivity contribution in [3.63, 3.8) is 0 Å². The lowest BCUT2D eigenvalue weighted by molar-refractivity contribution is 0.601. The van der Waals surface area contributed by atoms with Crippen LogP contribution in [0.15, 0.2) is 47.4 Å². The van der Waals surface area contributed by atoms with E-state index in [4.69, 9.17) is 23.2 Å². The SMILES string of the molecule is Cc1nn(Cc2c(Cl)cccc2Cl)c(C)c1NS(=O)(=O)c1ccc(C(C)C)cc1. The minimum atomic E-state index is -3.73. The number of hydrogen-bond acceptors (Lipinski definition) is 3. The summed E-state index contributed by atoms with van der Waals surface area (Å²) in [6.45, 7) is 8.04. The van der Waals surface area contributed by atoms with Crippen LogP contribution in [0.2, 0.25) is 10.0 Å². The molecule has 0 atom stereocenters. The standard InChI is InChI=1S/C21H23Cl2N3O2S/c1-13(2)16-8-10-17(11-9-16)29(27,28)25-21-14(3)24-26(15(21)4)12-18-19(22)6-5-7-20(18)23/h5-11,13,25H,12H2,1-4H3. The molecule has 0 spiro atoms. The third-order valence-electron chi connectivity index (χ3n) is 4.84. The lowest BCUT2D eigenvalue weighted by Crippen LogP contribution is -2.14. The highest BCUT2D eigenvalue weighted by molar-refractivity contribution is 7.92. The molecule has 0 amide bonds. The van der Waals surface area contributed by atoms with Crippen molar-refractivity contribution >= 4 is 38.9 Å². The Hall–Kier alpha value is -2.02. The molecule has 29 heavy (non-hydrogen) atoms. The summed E-state index contributed by atoms with van der Waals surface area (Å²) in [4.78, 5) is 0.211. The van der Waals surface area contributed by atoms with Crippen LogP contribution in [0.25, 0.3) is 0 Å². The molecule has 3 rings (SSSR count). The summed E-state index contributed by atoms with van der Waals surface area (Å²) in [6.07, 6.45) is 0. The number of rotatable bonds is 6. The van der Waals surface area contributed by atoms with Gasteiger partial charge in [0.15, 0.2) is 0 Å². The molecule has 154 valence electrons. The molecule has 0 aliphatic heterocycles. The number of nitrogens with zero attached hydrogens (tertiary/aromatic N) is 2. The summed E-state index contributed by atoms with van der Waals surface area (Å²) in [5, 5.41) is 5.55. The maximum Gasteiger partial charge on any atom is 0.262 e. The first-order chi connectivity index (χ1) is 13.6. The Kier molecular flexibility index (Phi) is 6.27. The Balaban J connectivity index is 1.90. The molecular formula is C21H23Cl2N3O2S. The Morgan fingerprint density at radius 1 is 1.03 bits per heavy atom. The van der Waals surface area contributed by atoms with Crippen LogP contribution >= 0.6 is 23.2 Å². The van der Waals surface area contributed by atoms with Gasteiger partial charge in [-0.1, -0.05) is 55.2 Å². The van der Waals surface area contributed by atoms with Crippen molar-refractivity contribution in [2.75, 3.05) is 4.72 Å². The molecule has 0 saturated carbocycles. The van der Waals surface area contributed by atoms with Gasteiger partial charge in [0.05, 0.1) is 28.5 Å². The first-order valence-corrected chi connectivity index (χ1v) is 11.4. The molecule has 1 N–H and O–H groups in total. The van der Waals surface area contributed by atoms with E-state index >= 15 is 0 Å². The molecule has 2 aromatic carbocycles. The average molecular weight is 452 g/mol. The predicted molar refractivity (Wildman–Crippen MR) is 119 cm³/mol. The van der Waals surface area contributed by atoms with Crippen molar-refractivity contribution in [3.05, 3.63) is 75.0 Å². The number of sulfonamides is 1. The van der Waals surface area contributed by atoms with Crippen LogP contribution in [0.5, 0.6) is 0 Å². The average Bonchev–Trinajstić information content (AvgIpc) is 2.92. The third kappa shape index (κ3) is 4.60. The van der Waals surface area contributed by atoms with E-state index in [0.29, 0.717) is 39.6 Å². The molecule has 5 nitrogen and oxygen atoms in total. The quantitative estimate of drug-likeness (QED) is 0.516. The van der Waals surface area contributed by atoms with Crippen LogP contribution < -0.4 is 4.72 Å². The summed E-state index contributed by atoms with van der Waals surface area (Å²) in [5.41, 5.74) is 3.54. The van der Waals surface area contributed by atoms with E-state index in [1.807, 2.05) is 19.1 Å². The van der Waals surface area contributed by atoms with Gasteiger partial charge >= 0.3 is 0 Å². The molecular weight excluding hydrogens is 429 g/mol. The Morgan fingerprint density at radius 2 is 1.62 bits per heavy atom. The fourth-order valence-corrected chi connectivity index (χ4v) is 4.75. The molecule has 0 aliphatic rings. The normalized spacial score (nSPS) is 11.8. The fourth-order valence-electron chi connectivity index (χ4n) is 3.06. The predicted octanol–water partition coefficient (Wildman–Crippen LogP) is 5.78. The minimum absolute atomic E-state index is 0.211. The number of halogens is 2. The molecule has 1 aromatic heterocycles. The topological polar surface area (TPSA) is 64.0 Å². The molecule has 1 heterocycles. The van der Waals surface area contributed by atoms with Crippen LogP contribution in [-0.4, -0.2) is 18.2 Å². The van der Waals surface area contributed by atoms with Gasteiger partial charge in [-0.2, -0.15) is 5.10 Å². The number of aryl methyl sites for hydroxylation is 1. The van der Waals surface area contributed by atoms with E-state index in [-0.39, 0.29) is 4.90 Å². The van der Waals surface area contributed by atoms with E-state index in [1.54, 1.807) is 41.9 Å². The third-order valence-corrected chi connectivity index (χ3v) is 6.92. The van der Waals surface area contributed by atoms with E-state index in [0.717, 1.165) is 11.1 Å². The van der Waals surface area contributed by atoms with Gasteiger partial charge in [-0.25, -0.2) is 8.42 Å². The van der Waals surface area contributed by atoms with Crippen molar-refractivity contribution in [2.24, 2.45) is 0 Å². The van der Waals surface area contributed by atoms with E-state index in [9.17, 15) is 8.42 Å². The minimum Gasteiger partial charge on any atom is -0.276 e. The van der Waals surface area contributed by atoms with E-state index in [1.165, 1.54) is 0 Å². The molecule has 0 aliphatic carbocycles.